The van der Waals surface area contributed by atoms with Crippen molar-refractivity contribution in [2.45, 2.75) is 32.2 Å². The first-order valence-electron chi connectivity index (χ1n) is 9.47. The lowest BCUT2D eigenvalue weighted by atomic mass is 9.98. The monoisotopic (exact) mass is 419 g/mol. The molecule has 0 radical (unpaired) electrons. The van der Waals surface area contributed by atoms with Crippen LogP contribution in [0.1, 0.15) is 31.2 Å². The van der Waals surface area contributed by atoms with Gasteiger partial charge in [0.05, 0.1) is 19.4 Å². The number of carbonyl (C=O) groups excluding carboxylic acids is 1. The van der Waals surface area contributed by atoms with E-state index in [4.69, 9.17) is 24.5 Å². The number of hydrogen-bond acceptors (Lipinski definition) is 7. The van der Waals surface area contributed by atoms with Crippen molar-refractivity contribution >= 4 is 23.6 Å². The number of phenolic OH excluding ortho intramolecular Hbond substituents is 1. The number of imidazole rings is 1. The van der Waals surface area contributed by atoms with Gasteiger partial charge in [0.15, 0.2) is 0 Å². The van der Waals surface area contributed by atoms with E-state index < -0.39 is 11.9 Å². The van der Waals surface area contributed by atoms with Crippen molar-refractivity contribution < 1.29 is 34.4 Å². The summed E-state index contributed by atoms with van der Waals surface area (Å²) >= 11 is 0. The Morgan fingerprint density at radius 3 is 2.53 bits per heavy atom. The van der Waals surface area contributed by atoms with Crippen LogP contribution in [-0.2, 0) is 25.7 Å². The van der Waals surface area contributed by atoms with Crippen LogP contribution in [0.2, 0.25) is 0 Å². The zero-order valence-corrected chi connectivity index (χ0v) is 16.6. The average Bonchev–Trinajstić information content (AvgIpc) is 3.33. The molecule has 2 heterocycles. The Labute approximate surface area is 173 Å². The van der Waals surface area contributed by atoms with Gasteiger partial charge < -0.3 is 29.5 Å². The number of anilines is 1. The summed E-state index contributed by atoms with van der Waals surface area (Å²) in [5, 5.41) is 24.6. The number of ether oxygens (including phenoxy) is 1. The van der Waals surface area contributed by atoms with Gasteiger partial charge in [0.25, 0.3) is 0 Å². The van der Waals surface area contributed by atoms with E-state index in [2.05, 4.69) is 14.5 Å². The quantitative estimate of drug-likeness (QED) is 0.451. The van der Waals surface area contributed by atoms with Crippen molar-refractivity contribution in [3.63, 3.8) is 0 Å². The van der Waals surface area contributed by atoms with Crippen molar-refractivity contribution in [2.75, 3.05) is 24.6 Å². The van der Waals surface area contributed by atoms with Crippen LogP contribution in [0.4, 0.5) is 5.69 Å². The summed E-state index contributed by atoms with van der Waals surface area (Å²) in [6.07, 6.45) is 6.89. The number of carboxylic acids is 2. The highest BCUT2D eigenvalue weighted by atomic mass is 16.5. The Balaban J connectivity index is 0.000000469. The van der Waals surface area contributed by atoms with E-state index in [1.807, 2.05) is 31.6 Å². The topological polar surface area (TPSA) is 142 Å². The molecule has 2 aromatic rings. The smallest absolute Gasteiger partial charge is 0.414 e. The third kappa shape index (κ3) is 6.50. The Bertz CT molecular complexity index is 855. The predicted molar refractivity (Wildman–Crippen MR) is 106 cm³/mol. The first kappa shape index (κ1) is 22.7. The van der Waals surface area contributed by atoms with E-state index in [1.54, 1.807) is 12.3 Å². The molecular weight excluding hydrogens is 394 g/mol. The van der Waals surface area contributed by atoms with Crippen molar-refractivity contribution in [3.8, 4) is 5.75 Å². The molecule has 10 nitrogen and oxygen atoms in total. The number of esters is 1. The van der Waals surface area contributed by atoms with Gasteiger partial charge in [-0.1, -0.05) is 0 Å². The Morgan fingerprint density at radius 1 is 1.20 bits per heavy atom. The first-order valence-corrected chi connectivity index (χ1v) is 9.47. The molecule has 1 unspecified atom stereocenters. The largest absolute Gasteiger partial charge is 0.508 e. The highest BCUT2D eigenvalue weighted by Gasteiger charge is 2.29. The van der Waals surface area contributed by atoms with E-state index in [0.29, 0.717) is 25.5 Å². The summed E-state index contributed by atoms with van der Waals surface area (Å²) in [6, 6.07) is 5.49. The molecule has 3 N–H and O–H groups in total. The van der Waals surface area contributed by atoms with Crippen LogP contribution in [0.25, 0.3) is 0 Å². The molecule has 0 aliphatic carbocycles. The summed E-state index contributed by atoms with van der Waals surface area (Å²) in [7, 11) is 0. The van der Waals surface area contributed by atoms with Gasteiger partial charge in [0.1, 0.15) is 5.75 Å². The number of phenols is 1. The zero-order valence-electron chi connectivity index (χ0n) is 16.6. The average molecular weight is 419 g/mol. The number of nitrogens with zero attached hydrogens (tertiary/aromatic N) is 3. The van der Waals surface area contributed by atoms with E-state index >= 15 is 0 Å². The fourth-order valence-electron chi connectivity index (χ4n) is 3.26. The molecule has 0 spiro atoms. The van der Waals surface area contributed by atoms with E-state index in [9.17, 15) is 9.90 Å². The number of aromatic hydroxyl groups is 1. The molecule has 162 valence electrons. The molecule has 1 aromatic carbocycles. The number of carboxylic acid groups (broad SMARTS) is 2. The van der Waals surface area contributed by atoms with Crippen LogP contribution in [0.5, 0.6) is 5.75 Å². The SMILES string of the molecule is CCOC(=O)CCN1CC(CCn2ccnc2)c2cc(O)ccc21.O=C(O)C(=O)O. The molecule has 0 bridgehead atoms. The Morgan fingerprint density at radius 2 is 1.93 bits per heavy atom. The van der Waals surface area contributed by atoms with Crippen molar-refractivity contribution in [1.82, 2.24) is 9.55 Å². The highest BCUT2D eigenvalue weighted by molar-refractivity contribution is 6.27. The van der Waals surface area contributed by atoms with Crippen LogP contribution in [0.15, 0.2) is 36.9 Å². The van der Waals surface area contributed by atoms with E-state index in [-0.39, 0.29) is 11.7 Å². The summed E-state index contributed by atoms with van der Waals surface area (Å²) in [5.74, 6) is -3.20. The minimum atomic E-state index is -1.82. The number of aliphatic carboxylic acids is 2. The van der Waals surface area contributed by atoms with Gasteiger partial charge in [-0.05, 0) is 37.1 Å². The van der Waals surface area contributed by atoms with Crippen LogP contribution < -0.4 is 4.90 Å². The first-order chi connectivity index (χ1) is 14.3. The van der Waals surface area contributed by atoms with E-state index in [1.165, 1.54) is 0 Å². The summed E-state index contributed by atoms with van der Waals surface area (Å²) in [4.78, 5) is 36.1. The molecule has 0 saturated heterocycles. The van der Waals surface area contributed by atoms with Crippen molar-refractivity contribution in [2.24, 2.45) is 0 Å². The normalized spacial score (nSPS) is 14.4. The summed E-state index contributed by atoms with van der Waals surface area (Å²) < 4.78 is 7.08. The van der Waals surface area contributed by atoms with Gasteiger partial charge in [-0.15, -0.1) is 0 Å². The second-order valence-corrected chi connectivity index (χ2v) is 6.64. The molecular formula is C20H25N3O7. The van der Waals surface area contributed by atoms with Gasteiger partial charge in [-0.2, -0.15) is 0 Å². The van der Waals surface area contributed by atoms with Gasteiger partial charge >= 0.3 is 17.9 Å². The van der Waals surface area contributed by atoms with Gasteiger partial charge in [0.2, 0.25) is 0 Å². The molecule has 3 rings (SSSR count). The molecule has 0 amide bonds. The fourth-order valence-corrected chi connectivity index (χ4v) is 3.26. The summed E-state index contributed by atoms with van der Waals surface area (Å²) in [6.45, 7) is 4.60. The number of fused-ring (bicyclic) bond motifs is 1. The summed E-state index contributed by atoms with van der Waals surface area (Å²) in [5.41, 5.74) is 2.26. The molecule has 1 aliphatic rings. The third-order valence-electron chi connectivity index (χ3n) is 4.60. The van der Waals surface area contributed by atoms with E-state index in [0.717, 1.165) is 30.8 Å². The third-order valence-corrected chi connectivity index (χ3v) is 4.60. The maximum atomic E-state index is 11.6. The molecule has 0 fully saturated rings. The van der Waals surface area contributed by atoms with Gasteiger partial charge in [0, 0.05) is 43.6 Å². The number of hydrogen-bond donors (Lipinski definition) is 3. The van der Waals surface area contributed by atoms with Crippen LogP contribution in [-0.4, -0.2) is 62.5 Å². The molecule has 1 aromatic heterocycles. The fraction of sp³-hybridized carbons (Fsp3) is 0.400. The number of benzene rings is 1. The molecule has 1 aliphatic heterocycles. The number of aryl methyl sites for hydroxylation is 1. The molecule has 1 atom stereocenters. The van der Waals surface area contributed by atoms with Crippen LogP contribution >= 0.6 is 0 Å². The predicted octanol–water partition coefficient (Wildman–Crippen LogP) is 1.69. The zero-order chi connectivity index (χ0) is 22.1. The number of carbonyl (C=O) groups is 3. The lowest BCUT2D eigenvalue weighted by molar-refractivity contribution is -0.159. The Kier molecular flexibility index (Phi) is 8.21. The highest BCUT2D eigenvalue weighted by Crippen LogP contribution is 2.40. The van der Waals surface area contributed by atoms with Crippen LogP contribution in [0, 0.1) is 0 Å². The van der Waals surface area contributed by atoms with Gasteiger partial charge in [-0.3, -0.25) is 4.79 Å². The molecule has 10 heteroatoms. The minimum absolute atomic E-state index is 0.167. The number of aromatic nitrogens is 2. The lowest BCUT2D eigenvalue weighted by Gasteiger charge is -2.19. The molecule has 30 heavy (non-hydrogen) atoms. The second kappa shape index (κ2) is 10.8. The van der Waals surface area contributed by atoms with Gasteiger partial charge in [-0.25, -0.2) is 14.6 Å². The standard InChI is InChI=1S/C18H23N3O3.C2H2O4/c1-2-24-18(23)6-9-21-12-14(5-8-20-10-7-19-13-20)16-11-15(22)3-4-17(16)21;3-1(4)2(5)6/h3-4,7,10-11,13-14,22H,2,5-6,8-9,12H2,1H3;(H,3,4)(H,5,6). The van der Waals surface area contributed by atoms with Crippen molar-refractivity contribution in [3.05, 3.63) is 42.5 Å². The number of rotatable bonds is 7. The van der Waals surface area contributed by atoms with Crippen LogP contribution in [0.3, 0.4) is 0 Å². The second-order valence-electron chi connectivity index (χ2n) is 6.64. The molecule has 0 saturated carbocycles. The van der Waals surface area contributed by atoms with Crippen molar-refractivity contribution in [1.29, 1.82) is 0 Å². The minimum Gasteiger partial charge on any atom is -0.508 e. The maximum Gasteiger partial charge on any atom is 0.414 e. The Hall–Kier alpha value is -3.56. The maximum absolute atomic E-state index is 11.6. The lowest BCUT2D eigenvalue weighted by Crippen LogP contribution is -2.25.